The highest BCUT2D eigenvalue weighted by molar-refractivity contribution is 9.10. The highest BCUT2D eigenvalue weighted by atomic mass is 79.9. The molecule has 0 N–H and O–H groups in total. The number of fused-ring (bicyclic) bond motifs is 1. The maximum atomic E-state index is 12.9. The van der Waals surface area contributed by atoms with Gasteiger partial charge in [-0.2, -0.15) is 0 Å². The third-order valence-electron chi connectivity index (χ3n) is 4.83. The molecule has 0 aliphatic heterocycles. The minimum absolute atomic E-state index is 0.0173. The van der Waals surface area contributed by atoms with Crippen LogP contribution in [0.5, 0.6) is 0 Å². The van der Waals surface area contributed by atoms with Crippen molar-refractivity contribution in [3.8, 4) is 11.1 Å². The molecule has 0 fully saturated rings. The minimum atomic E-state index is -0.640. The first kappa shape index (κ1) is 20.0. The summed E-state index contributed by atoms with van der Waals surface area (Å²) in [5.41, 5.74) is 3.68. The second-order valence-electron chi connectivity index (χ2n) is 6.76. The lowest BCUT2D eigenvalue weighted by Crippen LogP contribution is -2.22. The number of carbonyl (C=O) groups is 1. The van der Waals surface area contributed by atoms with E-state index in [0.29, 0.717) is 12.1 Å². The number of hydrogen-bond donors (Lipinski definition) is 0. The second-order valence-corrected chi connectivity index (χ2v) is 7.68. The van der Waals surface area contributed by atoms with Gasteiger partial charge in [0.15, 0.2) is 0 Å². The van der Waals surface area contributed by atoms with Crippen LogP contribution in [-0.4, -0.2) is 22.1 Å². The van der Waals surface area contributed by atoms with E-state index in [4.69, 9.17) is 4.74 Å². The van der Waals surface area contributed by atoms with Crippen molar-refractivity contribution in [1.29, 1.82) is 0 Å². The van der Waals surface area contributed by atoms with E-state index in [-0.39, 0.29) is 17.7 Å². The summed E-state index contributed by atoms with van der Waals surface area (Å²) in [5, 5.41) is 0. The van der Waals surface area contributed by atoms with Crippen LogP contribution in [0.1, 0.15) is 22.8 Å². The standard InChI is InChI=1S/C24H19BrN2O3/c1-2-30-24(29)20-15-27(21-12-18(25)13-26-22(21)23(20)28)14-17-10-6-7-11-19(17)16-8-4-3-5-9-16/h3-13,15H,2,14H2,1H3. The SMILES string of the molecule is CCOC(=O)c1cn(Cc2ccccc2-c2ccccc2)c2cc(Br)cnc2c1=O. The fraction of sp³-hybridized carbons (Fsp3) is 0.125. The van der Waals surface area contributed by atoms with Crippen LogP contribution in [0.4, 0.5) is 0 Å². The van der Waals surface area contributed by atoms with Gasteiger partial charge in [-0.05, 0) is 45.6 Å². The molecular weight excluding hydrogens is 444 g/mol. The third kappa shape index (κ3) is 3.91. The van der Waals surface area contributed by atoms with Crippen LogP contribution in [0.25, 0.3) is 22.2 Å². The molecule has 4 aromatic rings. The van der Waals surface area contributed by atoms with Crippen molar-refractivity contribution in [1.82, 2.24) is 9.55 Å². The van der Waals surface area contributed by atoms with Gasteiger partial charge in [0.05, 0.1) is 12.1 Å². The lowest BCUT2D eigenvalue weighted by molar-refractivity contribution is 0.0524. The maximum absolute atomic E-state index is 12.9. The third-order valence-corrected chi connectivity index (χ3v) is 5.26. The zero-order chi connectivity index (χ0) is 21.1. The molecule has 0 saturated heterocycles. The van der Waals surface area contributed by atoms with Gasteiger partial charge in [-0.1, -0.05) is 54.6 Å². The summed E-state index contributed by atoms with van der Waals surface area (Å²) in [6.45, 7) is 2.37. The molecule has 0 bridgehead atoms. The van der Waals surface area contributed by atoms with Crippen molar-refractivity contribution in [3.63, 3.8) is 0 Å². The molecule has 150 valence electrons. The normalized spacial score (nSPS) is 10.9. The number of hydrogen-bond acceptors (Lipinski definition) is 4. The van der Waals surface area contributed by atoms with Gasteiger partial charge < -0.3 is 9.30 Å². The van der Waals surface area contributed by atoms with E-state index < -0.39 is 11.4 Å². The van der Waals surface area contributed by atoms with E-state index in [0.717, 1.165) is 21.2 Å². The van der Waals surface area contributed by atoms with Crippen molar-refractivity contribution in [2.45, 2.75) is 13.5 Å². The molecule has 2 aromatic carbocycles. The molecule has 0 unspecified atom stereocenters. The smallest absolute Gasteiger partial charge is 0.343 e. The quantitative estimate of drug-likeness (QED) is 0.389. The van der Waals surface area contributed by atoms with E-state index in [1.54, 1.807) is 19.3 Å². The second kappa shape index (κ2) is 8.63. The maximum Gasteiger partial charge on any atom is 0.343 e. The summed E-state index contributed by atoms with van der Waals surface area (Å²) in [5.74, 6) is -0.640. The summed E-state index contributed by atoms with van der Waals surface area (Å²) in [6, 6.07) is 20.0. The Bertz CT molecular complexity index is 1280. The number of nitrogens with zero attached hydrogens (tertiary/aromatic N) is 2. The molecule has 0 atom stereocenters. The molecule has 2 heterocycles. The van der Waals surface area contributed by atoms with Crippen LogP contribution >= 0.6 is 15.9 Å². The highest BCUT2D eigenvalue weighted by Crippen LogP contribution is 2.25. The fourth-order valence-electron chi connectivity index (χ4n) is 3.46. The highest BCUT2D eigenvalue weighted by Gasteiger charge is 2.18. The summed E-state index contributed by atoms with van der Waals surface area (Å²) in [4.78, 5) is 29.5. The topological polar surface area (TPSA) is 61.2 Å². The van der Waals surface area contributed by atoms with E-state index in [1.165, 1.54) is 0 Å². The van der Waals surface area contributed by atoms with Crippen molar-refractivity contribution in [2.24, 2.45) is 0 Å². The molecule has 6 heteroatoms. The molecule has 30 heavy (non-hydrogen) atoms. The number of esters is 1. The Morgan fingerprint density at radius 1 is 1.10 bits per heavy atom. The lowest BCUT2D eigenvalue weighted by atomic mass is 9.99. The molecular formula is C24H19BrN2O3. The monoisotopic (exact) mass is 462 g/mol. The van der Waals surface area contributed by atoms with Crippen molar-refractivity contribution >= 4 is 32.9 Å². The van der Waals surface area contributed by atoms with Gasteiger partial charge in [-0.25, -0.2) is 9.78 Å². The van der Waals surface area contributed by atoms with Crippen molar-refractivity contribution < 1.29 is 9.53 Å². The van der Waals surface area contributed by atoms with Gasteiger partial charge in [0.25, 0.3) is 0 Å². The van der Waals surface area contributed by atoms with Crippen LogP contribution in [0.3, 0.4) is 0 Å². The Hall–Kier alpha value is -3.25. The summed E-state index contributed by atoms with van der Waals surface area (Å²) in [6.07, 6.45) is 3.12. The molecule has 0 spiro atoms. The molecule has 2 aromatic heterocycles. The molecule has 0 aliphatic rings. The van der Waals surface area contributed by atoms with Gasteiger partial charge in [-0.15, -0.1) is 0 Å². The van der Waals surface area contributed by atoms with Crippen molar-refractivity contribution in [3.05, 3.63) is 98.9 Å². The average molecular weight is 463 g/mol. The van der Waals surface area contributed by atoms with E-state index in [2.05, 4.69) is 39.1 Å². The number of ether oxygens (including phenoxy) is 1. The Morgan fingerprint density at radius 2 is 1.83 bits per heavy atom. The van der Waals surface area contributed by atoms with E-state index >= 15 is 0 Å². The van der Waals surface area contributed by atoms with Crippen LogP contribution in [0.15, 0.2) is 82.3 Å². The Balaban J connectivity index is 1.90. The first-order valence-corrected chi connectivity index (χ1v) is 10.4. The predicted molar refractivity (Wildman–Crippen MR) is 121 cm³/mol. The summed E-state index contributed by atoms with van der Waals surface area (Å²) in [7, 11) is 0. The fourth-order valence-corrected chi connectivity index (χ4v) is 3.78. The van der Waals surface area contributed by atoms with E-state index in [9.17, 15) is 9.59 Å². The van der Waals surface area contributed by atoms with Gasteiger partial charge in [0, 0.05) is 23.4 Å². The van der Waals surface area contributed by atoms with Crippen LogP contribution in [-0.2, 0) is 11.3 Å². The number of rotatable bonds is 5. The lowest BCUT2D eigenvalue weighted by Gasteiger charge is -2.16. The number of aromatic nitrogens is 2. The van der Waals surface area contributed by atoms with Crippen LogP contribution in [0.2, 0.25) is 0 Å². The van der Waals surface area contributed by atoms with Gasteiger partial charge in [-0.3, -0.25) is 4.79 Å². The molecule has 0 aliphatic carbocycles. The molecule has 4 rings (SSSR count). The zero-order valence-electron chi connectivity index (χ0n) is 16.3. The Labute approximate surface area is 182 Å². The minimum Gasteiger partial charge on any atom is -0.462 e. The summed E-state index contributed by atoms with van der Waals surface area (Å²) >= 11 is 3.43. The largest absolute Gasteiger partial charge is 0.462 e. The number of carbonyl (C=O) groups excluding carboxylic acids is 1. The predicted octanol–water partition coefficient (Wildman–Crippen LogP) is 5.05. The first-order valence-electron chi connectivity index (χ1n) is 9.57. The van der Waals surface area contributed by atoms with Gasteiger partial charge in [0.1, 0.15) is 11.1 Å². The molecule has 5 nitrogen and oxygen atoms in total. The number of halogens is 1. The number of pyridine rings is 2. The first-order chi connectivity index (χ1) is 14.6. The molecule has 0 amide bonds. The van der Waals surface area contributed by atoms with Gasteiger partial charge >= 0.3 is 5.97 Å². The summed E-state index contributed by atoms with van der Waals surface area (Å²) < 4.78 is 7.72. The Kier molecular flexibility index (Phi) is 5.77. The van der Waals surface area contributed by atoms with Crippen LogP contribution < -0.4 is 5.43 Å². The molecule has 0 radical (unpaired) electrons. The average Bonchev–Trinajstić information content (AvgIpc) is 2.76. The number of benzene rings is 2. The van der Waals surface area contributed by atoms with Gasteiger partial charge in [0.2, 0.25) is 5.43 Å². The Morgan fingerprint density at radius 3 is 2.60 bits per heavy atom. The van der Waals surface area contributed by atoms with Crippen LogP contribution in [0, 0.1) is 0 Å². The van der Waals surface area contributed by atoms with E-state index in [1.807, 2.05) is 47.0 Å². The van der Waals surface area contributed by atoms with Crippen molar-refractivity contribution in [2.75, 3.05) is 6.61 Å². The molecule has 0 saturated carbocycles. The zero-order valence-corrected chi connectivity index (χ0v) is 17.9.